The number of rotatable bonds is 4. The number of para-hydroxylation sites is 1. The van der Waals surface area contributed by atoms with Gasteiger partial charge in [0, 0.05) is 30.5 Å². The van der Waals surface area contributed by atoms with Crippen LogP contribution in [0.25, 0.3) is 11.4 Å². The Morgan fingerprint density at radius 1 is 1.37 bits per heavy atom. The zero-order valence-electron chi connectivity index (χ0n) is 14.6. The maximum atomic E-state index is 12.6. The van der Waals surface area contributed by atoms with E-state index < -0.39 is 0 Å². The SMILES string of the molecule is O=C(Nc1ccccc1Cl)N1CCCC(Cc2nc(-c3ccsc3)no2)C1. The molecule has 4 rings (SSSR count). The van der Waals surface area contributed by atoms with Crippen molar-refractivity contribution in [2.45, 2.75) is 19.3 Å². The molecule has 1 N–H and O–H groups in total. The second-order valence-corrected chi connectivity index (χ2v) is 7.78. The van der Waals surface area contributed by atoms with Gasteiger partial charge in [-0.25, -0.2) is 4.79 Å². The predicted molar refractivity (Wildman–Crippen MR) is 106 cm³/mol. The Kier molecular flexibility index (Phi) is 5.40. The van der Waals surface area contributed by atoms with Gasteiger partial charge in [-0.1, -0.05) is 28.9 Å². The number of carbonyl (C=O) groups is 1. The van der Waals surface area contributed by atoms with Crippen molar-refractivity contribution >= 4 is 34.7 Å². The molecule has 2 aromatic heterocycles. The summed E-state index contributed by atoms with van der Waals surface area (Å²) in [5.41, 5.74) is 1.60. The number of hydrogen-bond donors (Lipinski definition) is 1. The van der Waals surface area contributed by atoms with Gasteiger partial charge in [0.25, 0.3) is 0 Å². The van der Waals surface area contributed by atoms with Crippen LogP contribution in [0.3, 0.4) is 0 Å². The number of thiophene rings is 1. The molecule has 2 amide bonds. The topological polar surface area (TPSA) is 71.3 Å². The summed E-state index contributed by atoms with van der Waals surface area (Å²) in [6, 6.07) is 9.09. The summed E-state index contributed by atoms with van der Waals surface area (Å²) in [6.45, 7) is 1.39. The van der Waals surface area contributed by atoms with Gasteiger partial charge in [-0.3, -0.25) is 0 Å². The van der Waals surface area contributed by atoms with Crippen LogP contribution in [0.5, 0.6) is 0 Å². The molecule has 0 spiro atoms. The maximum absolute atomic E-state index is 12.6. The maximum Gasteiger partial charge on any atom is 0.321 e. The van der Waals surface area contributed by atoms with Gasteiger partial charge in [-0.05, 0) is 42.3 Å². The number of benzene rings is 1. The van der Waals surface area contributed by atoms with Crippen LogP contribution in [0.1, 0.15) is 18.7 Å². The highest BCUT2D eigenvalue weighted by molar-refractivity contribution is 7.08. The van der Waals surface area contributed by atoms with Crippen LogP contribution in [0.15, 0.2) is 45.6 Å². The number of anilines is 1. The number of amides is 2. The summed E-state index contributed by atoms with van der Waals surface area (Å²) in [7, 11) is 0. The van der Waals surface area contributed by atoms with E-state index in [9.17, 15) is 4.79 Å². The van der Waals surface area contributed by atoms with Crippen molar-refractivity contribution in [3.63, 3.8) is 0 Å². The third-order valence-electron chi connectivity index (χ3n) is 4.63. The number of hydrogen-bond acceptors (Lipinski definition) is 5. The van der Waals surface area contributed by atoms with Gasteiger partial charge in [-0.2, -0.15) is 16.3 Å². The van der Waals surface area contributed by atoms with E-state index in [4.69, 9.17) is 16.1 Å². The zero-order valence-corrected chi connectivity index (χ0v) is 16.2. The van der Waals surface area contributed by atoms with Crippen LogP contribution in [-0.4, -0.2) is 34.2 Å². The van der Waals surface area contributed by atoms with E-state index in [0.29, 0.717) is 41.3 Å². The van der Waals surface area contributed by atoms with Gasteiger partial charge >= 0.3 is 6.03 Å². The number of urea groups is 1. The molecule has 1 saturated heterocycles. The van der Waals surface area contributed by atoms with Crippen LogP contribution in [0.2, 0.25) is 5.02 Å². The van der Waals surface area contributed by atoms with E-state index >= 15 is 0 Å². The van der Waals surface area contributed by atoms with Crippen molar-refractivity contribution in [3.8, 4) is 11.4 Å². The van der Waals surface area contributed by atoms with Gasteiger partial charge in [0.1, 0.15) is 0 Å². The molecule has 0 bridgehead atoms. The van der Waals surface area contributed by atoms with E-state index in [1.807, 2.05) is 33.9 Å². The molecular formula is C19H19ClN4O2S. The molecule has 27 heavy (non-hydrogen) atoms. The Morgan fingerprint density at radius 2 is 2.26 bits per heavy atom. The van der Waals surface area contributed by atoms with Crippen molar-refractivity contribution in [1.29, 1.82) is 0 Å². The molecule has 3 aromatic rings. The lowest BCUT2D eigenvalue weighted by molar-refractivity contribution is 0.173. The van der Waals surface area contributed by atoms with Crippen molar-refractivity contribution < 1.29 is 9.32 Å². The highest BCUT2D eigenvalue weighted by Crippen LogP contribution is 2.25. The lowest BCUT2D eigenvalue weighted by atomic mass is 9.95. The number of nitrogens with zero attached hydrogens (tertiary/aromatic N) is 3. The molecule has 8 heteroatoms. The monoisotopic (exact) mass is 402 g/mol. The quantitative estimate of drug-likeness (QED) is 0.671. The average molecular weight is 403 g/mol. The van der Waals surface area contributed by atoms with Crippen LogP contribution in [0, 0.1) is 5.92 Å². The van der Waals surface area contributed by atoms with E-state index in [2.05, 4.69) is 15.5 Å². The van der Waals surface area contributed by atoms with Crippen molar-refractivity contribution in [2.24, 2.45) is 5.92 Å². The molecule has 0 saturated carbocycles. The average Bonchev–Trinajstić information content (AvgIpc) is 3.35. The van der Waals surface area contributed by atoms with Crippen molar-refractivity contribution in [3.05, 3.63) is 52.0 Å². The van der Waals surface area contributed by atoms with Gasteiger partial charge in [-0.15, -0.1) is 0 Å². The zero-order chi connectivity index (χ0) is 18.6. The van der Waals surface area contributed by atoms with Gasteiger partial charge in [0.15, 0.2) is 0 Å². The Labute approximate surface area is 166 Å². The molecule has 1 unspecified atom stereocenters. The van der Waals surface area contributed by atoms with E-state index in [1.165, 1.54) is 0 Å². The summed E-state index contributed by atoms with van der Waals surface area (Å²) in [4.78, 5) is 18.9. The first-order chi connectivity index (χ1) is 13.2. The Bertz CT molecular complexity index is 912. The van der Waals surface area contributed by atoms with Crippen LogP contribution in [0.4, 0.5) is 10.5 Å². The summed E-state index contributed by atoms with van der Waals surface area (Å²) in [5.74, 6) is 1.54. The lowest BCUT2D eigenvalue weighted by Crippen LogP contribution is -2.42. The fourth-order valence-electron chi connectivity index (χ4n) is 3.27. The number of nitrogens with one attached hydrogen (secondary N) is 1. The molecule has 1 aromatic carbocycles. The minimum Gasteiger partial charge on any atom is -0.339 e. The molecule has 1 fully saturated rings. The first kappa shape index (κ1) is 18.0. The number of halogens is 1. The molecule has 1 aliphatic rings. The van der Waals surface area contributed by atoms with Crippen LogP contribution >= 0.6 is 22.9 Å². The lowest BCUT2D eigenvalue weighted by Gasteiger charge is -2.32. The number of likely N-dealkylation sites (tertiary alicyclic amines) is 1. The van der Waals surface area contributed by atoms with Crippen LogP contribution in [-0.2, 0) is 6.42 Å². The third kappa shape index (κ3) is 4.31. The fraction of sp³-hybridized carbons (Fsp3) is 0.316. The van der Waals surface area contributed by atoms with Crippen molar-refractivity contribution in [1.82, 2.24) is 15.0 Å². The van der Waals surface area contributed by atoms with E-state index in [-0.39, 0.29) is 6.03 Å². The van der Waals surface area contributed by atoms with Crippen LogP contribution < -0.4 is 5.32 Å². The minimum atomic E-state index is -0.128. The Hall–Kier alpha value is -2.38. The molecule has 3 heterocycles. The predicted octanol–water partition coefficient (Wildman–Crippen LogP) is 4.94. The summed E-state index contributed by atoms with van der Waals surface area (Å²) >= 11 is 7.73. The summed E-state index contributed by atoms with van der Waals surface area (Å²) in [5, 5.41) is 11.5. The Balaban J connectivity index is 1.37. The smallest absolute Gasteiger partial charge is 0.321 e. The summed E-state index contributed by atoms with van der Waals surface area (Å²) in [6.07, 6.45) is 2.66. The van der Waals surface area contributed by atoms with Gasteiger partial charge in [0.05, 0.1) is 10.7 Å². The van der Waals surface area contributed by atoms with Crippen molar-refractivity contribution in [2.75, 3.05) is 18.4 Å². The molecule has 6 nitrogen and oxygen atoms in total. The summed E-state index contributed by atoms with van der Waals surface area (Å²) < 4.78 is 5.41. The minimum absolute atomic E-state index is 0.128. The van der Waals surface area contributed by atoms with Gasteiger partial charge in [0.2, 0.25) is 11.7 Å². The van der Waals surface area contributed by atoms with E-state index in [1.54, 1.807) is 23.5 Å². The molecule has 140 valence electrons. The first-order valence-electron chi connectivity index (χ1n) is 8.84. The fourth-order valence-corrected chi connectivity index (χ4v) is 4.08. The highest BCUT2D eigenvalue weighted by atomic mass is 35.5. The van der Waals surface area contributed by atoms with Gasteiger partial charge < -0.3 is 14.7 Å². The standard InChI is InChI=1S/C19H19ClN4O2S/c20-15-5-1-2-6-16(15)21-19(25)24-8-3-4-13(11-24)10-17-22-18(23-26-17)14-7-9-27-12-14/h1-2,5-7,9,12-13H,3-4,8,10-11H2,(H,21,25). The second-order valence-electron chi connectivity index (χ2n) is 6.59. The highest BCUT2D eigenvalue weighted by Gasteiger charge is 2.26. The van der Waals surface area contributed by atoms with E-state index in [0.717, 1.165) is 24.9 Å². The first-order valence-corrected chi connectivity index (χ1v) is 10.2. The largest absolute Gasteiger partial charge is 0.339 e. The third-order valence-corrected chi connectivity index (χ3v) is 5.65. The molecule has 0 radical (unpaired) electrons. The number of aromatic nitrogens is 2. The normalized spacial score (nSPS) is 17.1. The second kappa shape index (κ2) is 8.10. The molecule has 1 atom stereocenters. The number of carbonyl (C=O) groups excluding carboxylic acids is 1. The Morgan fingerprint density at radius 3 is 3.07 bits per heavy atom. The molecular weight excluding hydrogens is 384 g/mol. The molecule has 1 aliphatic heterocycles. The number of piperidine rings is 1. The molecule has 0 aliphatic carbocycles.